The number of hydrogen-bond donors (Lipinski definition) is 0. The van der Waals surface area contributed by atoms with Crippen LogP contribution in [0.3, 0.4) is 0 Å². The van der Waals surface area contributed by atoms with Crippen molar-refractivity contribution in [3.8, 4) is 0 Å². The van der Waals surface area contributed by atoms with Crippen molar-refractivity contribution >= 4 is 0 Å². The molecule has 2 heteroatoms. The summed E-state index contributed by atoms with van der Waals surface area (Å²) in [7, 11) is 1.67. The molecule has 1 aromatic rings. The maximum absolute atomic E-state index is 4.95. The predicted octanol–water partition coefficient (Wildman–Crippen LogP) is 1.54. The third-order valence-electron chi connectivity index (χ3n) is 1.40. The molecule has 0 radical (unpaired) electrons. The van der Waals surface area contributed by atoms with Gasteiger partial charge >= 0.3 is 0 Å². The smallest absolute Gasteiger partial charge is 0.0886 e. The number of nitrogens with zero attached hydrogens (tertiary/aromatic N) is 1. The molecule has 10 heavy (non-hydrogen) atoms. The molecule has 1 heterocycles. The van der Waals surface area contributed by atoms with Crippen LogP contribution in [0.5, 0.6) is 0 Å². The predicted molar refractivity (Wildman–Crippen MR) is 39.7 cm³/mol. The normalized spacial score (nSPS) is 9.80. The van der Waals surface area contributed by atoms with Gasteiger partial charge < -0.3 is 4.74 Å². The zero-order chi connectivity index (χ0) is 7.40. The van der Waals surface area contributed by atoms with E-state index in [1.807, 2.05) is 19.1 Å². The molecule has 0 aromatic carbocycles. The van der Waals surface area contributed by atoms with Crippen molar-refractivity contribution in [1.29, 1.82) is 0 Å². The van der Waals surface area contributed by atoms with Crippen LogP contribution in [0, 0.1) is 6.92 Å². The SMILES string of the molecule is COCc1ncccc1C. The highest BCUT2D eigenvalue weighted by molar-refractivity contribution is 5.16. The van der Waals surface area contributed by atoms with Crippen LogP contribution in [-0.2, 0) is 11.3 Å². The molecule has 0 unspecified atom stereocenters. The number of aromatic nitrogens is 1. The largest absolute Gasteiger partial charge is 0.378 e. The van der Waals surface area contributed by atoms with Crippen LogP contribution in [-0.4, -0.2) is 12.1 Å². The lowest BCUT2D eigenvalue weighted by atomic mass is 10.2. The van der Waals surface area contributed by atoms with Crippen LogP contribution in [0.1, 0.15) is 11.3 Å². The van der Waals surface area contributed by atoms with E-state index in [4.69, 9.17) is 4.74 Å². The lowest BCUT2D eigenvalue weighted by Gasteiger charge is -2.00. The van der Waals surface area contributed by atoms with Crippen molar-refractivity contribution < 1.29 is 4.74 Å². The number of aryl methyl sites for hydroxylation is 1. The molecule has 0 N–H and O–H groups in total. The number of rotatable bonds is 2. The highest BCUT2D eigenvalue weighted by atomic mass is 16.5. The standard InChI is InChI=1S/C8H11NO/c1-7-4-3-5-9-8(7)6-10-2/h3-5H,6H2,1-2H3. The Kier molecular flexibility index (Phi) is 2.40. The summed E-state index contributed by atoms with van der Waals surface area (Å²) in [6.07, 6.45) is 1.78. The summed E-state index contributed by atoms with van der Waals surface area (Å²) in [6.45, 7) is 2.63. The molecule has 0 amide bonds. The summed E-state index contributed by atoms with van der Waals surface area (Å²) in [5, 5.41) is 0. The van der Waals surface area contributed by atoms with E-state index in [0.29, 0.717) is 6.61 Å². The molecule has 0 aliphatic carbocycles. The summed E-state index contributed by atoms with van der Waals surface area (Å²) in [5.74, 6) is 0. The molecule has 0 aliphatic rings. The van der Waals surface area contributed by atoms with E-state index in [9.17, 15) is 0 Å². The Morgan fingerprint density at radius 3 is 3.00 bits per heavy atom. The second kappa shape index (κ2) is 3.32. The fourth-order valence-electron chi connectivity index (χ4n) is 0.806. The topological polar surface area (TPSA) is 22.1 Å². The lowest BCUT2D eigenvalue weighted by molar-refractivity contribution is 0.181. The van der Waals surface area contributed by atoms with Crippen molar-refractivity contribution in [2.75, 3.05) is 7.11 Å². The molecule has 0 aliphatic heterocycles. The van der Waals surface area contributed by atoms with E-state index in [1.165, 1.54) is 5.56 Å². The summed E-state index contributed by atoms with van der Waals surface area (Å²) in [6, 6.07) is 3.95. The second-order valence-electron chi connectivity index (χ2n) is 2.20. The highest BCUT2D eigenvalue weighted by Crippen LogP contribution is 2.02. The molecule has 0 spiro atoms. The summed E-state index contributed by atoms with van der Waals surface area (Å²) >= 11 is 0. The summed E-state index contributed by atoms with van der Waals surface area (Å²) in [5.41, 5.74) is 2.20. The van der Waals surface area contributed by atoms with Crippen LogP contribution in [0.4, 0.5) is 0 Å². The Labute approximate surface area is 60.9 Å². The van der Waals surface area contributed by atoms with Crippen molar-refractivity contribution in [1.82, 2.24) is 4.98 Å². The molecule has 54 valence electrons. The maximum Gasteiger partial charge on any atom is 0.0886 e. The molecule has 1 aromatic heterocycles. The lowest BCUT2D eigenvalue weighted by Crippen LogP contribution is -1.94. The van der Waals surface area contributed by atoms with Gasteiger partial charge in [-0.25, -0.2) is 0 Å². The Balaban J connectivity index is 2.81. The van der Waals surface area contributed by atoms with Crippen molar-refractivity contribution in [3.05, 3.63) is 29.6 Å². The van der Waals surface area contributed by atoms with Crippen molar-refractivity contribution in [2.45, 2.75) is 13.5 Å². The van der Waals surface area contributed by atoms with Crippen LogP contribution in [0.2, 0.25) is 0 Å². The van der Waals surface area contributed by atoms with Crippen molar-refractivity contribution in [2.24, 2.45) is 0 Å². The molecule has 0 saturated heterocycles. The first kappa shape index (κ1) is 7.22. The molecule has 2 nitrogen and oxygen atoms in total. The van der Waals surface area contributed by atoms with Crippen LogP contribution >= 0.6 is 0 Å². The average Bonchev–Trinajstić information content (AvgIpc) is 1.94. The Bertz CT molecular complexity index is 210. The monoisotopic (exact) mass is 137 g/mol. The van der Waals surface area contributed by atoms with E-state index in [2.05, 4.69) is 4.98 Å². The van der Waals surface area contributed by atoms with E-state index < -0.39 is 0 Å². The zero-order valence-electron chi connectivity index (χ0n) is 6.29. The first-order chi connectivity index (χ1) is 4.84. The van der Waals surface area contributed by atoms with E-state index in [1.54, 1.807) is 13.3 Å². The van der Waals surface area contributed by atoms with E-state index in [-0.39, 0.29) is 0 Å². The third kappa shape index (κ3) is 1.54. The van der Waals surface area contributed by atoms with Crippen LogP contribution in [0.15, 0.2) is 18.3 Å². The number of methoxy groups -OCH3 is 1. The summed E-state index contributed by atoms with van der Waals surface area (Å²) in [4.78, 5) is 4.14. The van der Waals surface area contributed by atoms with Gasteiger partial charge in [0.05, 0.1) is 12.3 Å². The molecule has 0 atom stereocenters. The molecule has 0 bridgehead atoms. The third-order valence-corrected chi connectivity index (χ3v) is 1.40. The maximum atomic E-state index is 4.95. The van der Waals surface area contributed by atoms with Gasteiger partial charge in [0.15, 0.2) is 0 Å². The number of hydrogen-bond acceptors (Lipinski definition) is 2. The van der Waals surface area contributed by atoms with Gasteiger partial charge in [0.2, 0.25) is 0 Å². The quantitative estimate of drug-likeness (QED) is 0.616. The fraction of sp³-hybridized carbons (Fsp3) is 0.375. The van der Waals surface area contributed by atoms with Crippen LogP contribution in [0.25, 0.3) is 0 Å². The van der Waals surface area contributed by atoms with Gasteiger partial charge in [0, 0.05) is 13.3 Å². The van der Waals surface area contributed by atoms with Crippen molar-refractivity contribution in [3.63, 3.8) is 0 Å². The van der Waals surface area contributed by atoms with Gasteiger partial charge in [-0.2, -0.15) is 0 Å². The number of pyridine rings is 1. The van der Waals surface area contributed by atoms with Gasteiger partial charge in [-0.05, 0) is 18.6 Å². The van der Waals surface area contributed by atoms with Gasteiger partial charge in [0.1, 0.15) is 0 Å². The Morgan fingerprint density at radius 1 is 1.60 bits per heavy atom. The number of ether oxygens (including phenoxy) is 1. The molecule has 1 rings (SSSR count). The van der Waals surface area contributed by atoms with Gasteiger partial charge in [-0.3, -0.25) is 4.98 Å². The first-order valence-corrected chi connectivity index (χ1v) is 3.24. The van der Waals surface area contributed by atoms with E-state index in [0.717, 1.165) is 5.69 Å². The fourth-order valence-corrected chi connectivity index (χ4v) is 0.806. The minimum Gasteiger partial charge on any atom is -0.378 e. The zero-order valence-corrected chi connectivity index (χ0v) is 6.29. The van der Waals surface area contributed by atoms with E-state index >= 15 is 0 Å². The first-order valence-electron chi connectivity index (χ1n) is 3.24. The molecular formula is C8H11NO. The molecular weight excluding hydrogens is 126 g/mol. The minimum absolute atomic E-state index is 0.604. The van der Waals surface area contributed by atoms with Gasteiger partial charge in [-0.1, -0.05) is 6.07 Å². The van der Waals surface area contributed by atoms with Crippen LogP contribution < -0.4 is 0 Å². The Hall–Kier alpha value is -0.890. The average molecular weight is 137 g/mol. The Morgan fingerprint density at radius 2 is 2.40 bits per heavy atom. The minimum atomic E-state index is 0.604. The second-order valence-corrected chi connectivity index (χ2v) is 2.20. The highest BCUT2D eigenvalue weighted by Gasteiger charge is 1.94. The van der Waals surface area contributed by atoms with Gasteiger partial charge in [-0.15, -0.1) is 0 Å². The summed E-state index contributed by atoms with van der Waals surface area (Å²) < 4.78 is 4.95. The molecule has 0 fully saturated rings. The van der Waals surface area contributed by atoms with Gasteiger partial charge in [0.25, 0.3) is 0 Å². The molecule has 0 saturated carbocycles.